The highest BCUT2D eigenvalue weighted by molar-refractivity contribution is 6.30. The SMILES string of the molecule is Cc1ccc(C(=O)N/N=C/c2ccc(-c3cc(Cl)ccc3C)o2)cc1. The van der Waals surface area contributed by atoms with Crippen LogP contribution < -0.4 is 5.43 Å². The van der Waals surface area contributed by atoms with Crippen molar-refractivity contribution >= 4 is 23.7 Å². The quantitative estimate of drug-likeness (QED) is 0.531. The maximum Gasteiger partial charge on any atom is 0.271 e. The molecule has 0 spiro atoms. The van der Waals surface area contributed by atoms with E-state index in [0.29, 0.717) is 22.1 Å². The molecule has 1 aromatic heterocycles. The molecular formula is C20H17ClN2O2. The number of carbonyl (C=O) groups is 1. The minimum Gasteiger partial charge on any atom is -0.455 e. The van der Waals surface area contributed by atoms with Gasteiger partial charge in [0.1, 0.15) is 11.5 Å². The van der Waals surface area contributed by atoms with E-state index in [9.17, 15) is 4.79 Å². The molecule has 126 valence electrons. The second-order valence-electron chi connectivity index (χ2n) is 5.73. The summed E-state index contributed by atoms with van der Waals surface area (Å²) < 4.78 is 5.75. The van der Waals surface area contributed by atoms with Gasteiger partial charge < -0.3 is 4.42 Å². The number of hydrogen-bond acceptors (Lipinski definition) is 3. The molecule has 5 heteroatoms. The fourth-order valence-electron chi connectivity index (χ4n) is 2.35. The molecule has 0 bridgehead atoms. The lowest BCUT2D eigenvalue weighted by molar-refractivity contribution is 0.0955. The van der Waals surface area contributed by atoms with E-state index >= 15 is 0 Å². The number of carbonyl (C=O) groups excluding carboxylic acids is 1. The minimum atomic E-state index is -0.270. The van der Waals surface area contributed by atoms with E-state index in [-0.39, 0.29) is 5.91 Å². The molecule has 3 aromatic rings. The lowest BCUT2D eigenvalue weighted by atomic mass is 10.1. The van der Waals surface area contributed by atoms with Crippen molar-refractivity contribution < 1.29 is 9.21 Å². The normalized spacial score (nSPS) is 11.0. The smallest absolute Gasteiger partial charge is 0.271 e. The van der Waals surface area contributed by atoms with Crippen molar-refractivity contribution in [3.8, 4) is 11.3 Å². The van der Waals surface area contributed by atoms with Gasteiger partial charge in [0, 0.05) is 16.1 Å². The van der Waals surface area contributed by atoms with Crippen molar-refractivity contribution in [2.75, 3.05) is 0 Å². The van der Waals surface area contributed by atoms with E-state index < -0.39 is 0 Å². The molecule has 0 aliphatic heterocycles. The van der Waals surface area contributed by atoms with E-state index in [1.165, 1.54) is 6.21 Å². The molecule has 0 aliphatic rings. The van der Waals surface area contributed by atoms with Crippen LogP contribution in [0.3, 0.4) is 0 Å². The number of rotatable bonds is 4. The Morgan fingerprint density at radius 3 is 2.60 bits per heavy atom. The zero-order valence-corrected chi connectivity index (χ0v) is 14.7. The van der Waals surface area contributed by atoms with Gasteiger partial charge in [0.15, 0.2) is 0 Å². The first kappa shape index (κ1) is 17.0. The number of nitrogens with zero attached hydrogens (tertiary/aromatic N) is 1. The fourth-order valence-corrected chi connectivity index (χ4v) is 2.52. The number of amides is 1. The minimum absolute atomic E-state index is 0.270. The molecule has 25 heavy (non-hydrogen) atoms. The van der Waals surface area contributed by atoms with Crippen molar-refractivity contribution in [1.29, 1.82) is 0 Å². The molecule has 0 saturated carbocycles. The first-order valence-electron chi connectivity index (χ1n) is 7.79. The number of nitrogens with one attached hydrogen (secondary N) is 1. The van der Waals surface area contributed by atoms with Crippen LogP contribution in [0.4, 0.5) is 0 Å². The van der Waals surface area contributed by atoms with Crippen LogP contribution in [0.2, 0.25) is 5.02 Å². The highest BCUT2D eigenvalue weighted by atomic mass is 35.5. The van der Waals surface area contributed by atoms with Crippen LogP contribution in [0.25, 0.3) is 11.3 Å². The van der Waals surface area contributed by atoms with Crippen LogP contribution >= 0.6 is 11.6 Å². The highest BCUT2D eigenvalue weighted by Crippen LogP contribution is 2.27. The first-order valence-corrected chi connectivity index (χ1v) is 8.17. The number of benzene rings is 2. The Kier molecular flexibility index (Phi) is 5.00. The summed E-state index contributed by atoms with van der Waals surface area (Å²) in [6, 6.07) is 16.5. The second kappa shape index (κ2) is 7.36. The Labute approximate surface area is 151 Å². The standard InChI is InChI=1S/C20H17ClN2O2/c1-13-3-6-15(7-4-13)20(24)23-22-12-17-9-10-19(25-17)18-11-16(21)8-5-14(18)2/h3-12H,1-2H3,(H,23,24)/b22-12+. The van der Waals surface area contributed by atoms with Crippen molar-refractivity contribution in [2.24, 2.45) is 5.10 Å². The summed E-state index contributed by atoms with van der Waals surface area (Å²) in [5.41, 5.74) is 6.13. The zero-order valence-electron chi connectivity index (χ0n) is 13.9. The van der Waals surface area contributed by atoms with E-state index in [1.54, 1.807) is 18.2 Å². The molecule has 0 radical (unpaired) electrons. The highest BCUT2D eigenvalue weighted by Gasteiger charge is 2.08. The van der Waals surface area contributed by atoms with Crippen LogP contribution in [-0.4, -0.2) is 12.1 Å². The molecule has 1 N–H and O–H groups in total. The number of hydrazone groups is 1. The van der Waals surface area contributed by atoms with Crippen LogP contribution in [0.1, 0.15) is 27.2 Å². The van der Waals surface area contributed by atoms with E-state index in [0.717, 1.165) is 16.7 Å². The summed E-state index contributed by atoms with van der Waals surface area (Å²) in [5, 5.41) is 4.59. The van der Waals surface area contributed by atoms with Gasteiger partial charge in [0.2, 0.25) is 0 Å². The maximum atomic E-state index is 12.0. The molecule has 3 rings (SSSR count). The summed E-state index contributed by atoms with van der Waals surface area (Å²) in [4.78, 5) is 12.0. The van der Waals surface area contributed by atoms with Crippen molar-refractivity contribution in [1.82, 2.24) is 5.43 Å². The summed E-state index contributed by atoms with van der Waals surface area (Å²) in [7, 11) is 0. The van der Waals surface area contributed by atoms with Crippen LogP contribution in [0, 0.1) is 13.8 Å². The topological polar surface area (TPSA) is 54.6 Å². The third-order valence-corrected chi connectivity index (χ3v) is 4.00. The number of aryl methyl sites for hydroxylation is 2. The third kappa shape index (κ3) is 4.17. The Morgan fingerprint density at radius 1 is 1.08 bits per heavy atom. The summed E-state index contributed by atoms with van der Waals surface area (Å²) in [6.45, 7) is 3.96. The van der Waals surface area contributed by atoms with Gasteiger partial charge >= 0.3 is 0 Å². The number of hydrogen-bond donors (Lipinski definition) is 1. The molecule has 1 amide bonds. The van der Waals surface area contributed by atoms with E-state index in [4.69, 9.17) is 16.0 Å². The Balaban J connectivity index is 1.69. The lowest BCUT2D eigenvalue weighted by Crippen LogP contribution is -2.17. The largest absolute Gasteiger partial charge is 0.455 e. The van der Waals surface area contributed by atoms with Crippen molar-refractivity contribution in [3.05, 3.63) is 82.1 Å². The predicted octanol–water partition coefficient (Wildman–Crippen LogP) is 4.98. The van der Waals surface area contributed by atoms with Gasteiger partial charge in [-0.15, -0.1) is 0 Å². The first-order chi connectivity index (χ1) is 12.0. The van der Waals surface area contributed by atoms with Crippen LogP contribution in [0.15, 0.2) is 64.1 Å². The van der Waals surface area contributed by atoms with E-state index in [1.807, 2.05) is 50.2 Å². The molecule has 4 nitrogen and oxygen atoms in total. The molecule has 0 saturated heterocycles. The summed E-state index contributed by atoms with van der Waals surface area (Å²) in [6.07, 6.45) is 1.47. The molecule has 2 aromatic carbocycles. The van der Waals surface area contributed by atoms with E-state index in [2.05, 4.69) is 10.5 Å². The molecule has 0 fully saturated rings. The monoisotopic (exact) mass is 352 g/mol. The van der Waals surface area contributed by atoms with Gasteiger partial charge in [-0.25, -0.2) is 5.43 Å². The Bertz CT molecular complexity index is 927. The lowest BCUT2D eigenvalue weighted by Gasteiger charge is -2.02. The second-order valence-corrected chi connectivity index (χ2v) is 6.16. The number of halogens is 1. The van der Waals surface area contributed by atoms with Gasteiger partial charge in [0.25, 0.3) is 5.91 Å². The average molecular weight is 353 g/mol. The average Bonchev–Trinajstić information content (AvgIpc) is 3.06. The van der Waals surface area contributed by atoms with Gasteiger partial charge in [-0.3, -0.25) is 4.79 Å². The van der Waals surface area contributed by atoms with Crippen LogP contribution in [-0.2, 0) is 0 Å². The van der Waals surface area contributed by atoms with Crippen molar-refractivity contribution in [2.45, 2.75) is 13.8 Å². The van der Waals surface area contributed by atoms with Crippen LogP contribution in [0.5, 0.6) is 0 Å². The number of furan rings is 1. The molecule has 0 atom stereocenters. The van der Waals surface area contributed by atoms with Crippen molar-refractivity contribution in [3.63, 3.8) is 0 Å². The van der Waals surface area contributed by atoms with Gasteiger partial charge in [-0.05, 0) is 55.8 Å². The summed E-state index contributed by atoms with van der Waals surface area (Å²) >= 11 is 6.04. The van der Waals surface area contributed by atoms with Gasteiger partial charge in [0.05, 0.1) is 6.21 Å². The molecular weight excluding hydrogens is 336 g/mol. The molecule has 0 aliphatic carbocycles. The zero-order chi connectivity index (χ0) is 17.8. The Hall–Kier alpha value is -2.85. The van der Waals surface area contributed by atoms with Gasteiger partial charge in [-0.2, -0.15) is 5.10 Å². The maximum absolute atomic E-state index is 12.0. The third-order valence-electron chi connectivity index (χ3n) is 3.76. The summed E-state index contributed by atoms with van der Waals surface area (Å²) in [5.74, 6) is 0.971. The molecule has 0 unspecified atom stereocenters. The van der Waals surface area contributed by atoms with Gasteiger partial charge in [-0.1, -0.05) is 35.4 Å². The Morgan fingerprint density at radius 2 is 1.84 bits per heavy atom. The molecule has 1 heterocycles. The fraction of sp³-hybridized carbons (Fsp3) is 0.100. The predicted molar refractivity (Wildman–Crippen MR) is 100 cm³/mol.